The minimum atomic E-state index is -1.78. The molecule has 61 heavy (non-hydrogen) atoms. The van der Waals surface area contributed by atoms with Crippen molar-refractivity contribution in [2.75, 3.05) is 44.2 Å². The Kier molecular flexibility index (Phi) is 10.7. The fourth-order valence-corrected chi connectivity index (χ4v) is 10.7. The number of anilines is 1. The van der Waals surface area contributed by atoms with Gasteiger partial charge in [0.1, 0.15) is 16.7 Å². The molecule has 3 aromatic heterocycles. The molecule has 18 heteroatoms. The molecule has 1 unspecified atom stereocenters. The van der Waals surface area contributed by atoms with Gasteiger partial charge in [0, 0.05) is 63.2 Å². The third kappa shape index (κ3) is 7.57. The van der Waals surface area contributed by atoms with Crippen LogP contribution in [-0.4, -0.2) is 91.1 Å². The van der Waals surface area contributed by atoms with E-state index in [1.54, 1.807) is 29.1 Å². The van der Waals surface area contributed by atoms with Crippen LogP contribution in [0.15, 0.2) is 46.7 Å². The number of hydrogen-bond acceptors (Lipinski definition) is 11. The number of phenols is 1. The predicted octanol–water partition coefficient (Wildman–Crippen LogP) is 5.13. The van der Waals surface area contributed by atoms with Gasteiger partial charge in [0.15, 0.2) is 17.4 Å². The predicted molar refractivity (Wildman–Crippen MR) is 221 cm³/mol. The van der Waals surface area contributed by atoms with Crippen LogP contribution in [-0.2, 0) is 28.5 Å². The van der Waals surface area contributed by atoms with E-state index in [1.165, 1.54) is 4.57 Å². The minimum absolute atomic E-state index is 0.0864. The Hall–Kier alpha value is -5.62. The molecule has 5 aliphatic rings. The van der Waals surface area contributed by atoms with Crippen molar-refractivity contribution in [2.45, 2.75) is 75.7 Å². The summed E-state index contributed by atoms with van der Waals surface area (Å²) < 4.78 is 45.1. The van der Waals surface area contributed by atoms with Gasteiger partial charge in [-0.2, -0.15) is 4.39 Å². The molecule has 320 valence electrons. The smallest absolute Gasteiger partial charge is 0.329 e. The van der Waals surface area contributed by atoms with Crippen LogP contribution >= 0.6 is 11.3 Å². The number of aromatic nitrogens is 5. The Morgan fingerprint density at radius 1 is 0.967 bits per heavy atom. The van der Waals surface area contributed by atoms with E-state index in [0.717, 1.165) is 112 Å². The molecule has 0 spiro atoms. The first-order valence-corrected chi connectivity index (χ1v) is 21.7. The Balaban J connectivity index is 0.763. The zero-order chi connectivity index (χ0) is 42.6. The molecule has 2 saturated heterocycles. The number of nitrogens with zero attached hydrogens (tertiary/aromatic N) is 7. The number of thiazole rings is 1. The number of hydrogen-bond donors (Lipinski definition) is 3. The highest BCUT2D eigenvalue weighted by Crippen LogP contribution is 2.57. The molecule has 2 bridgehead atoms. The number of benzene rings is 2. The summed E-state index contributed by atoms with van der Waals surface area (Å²) in [6, 6.07) is 7.65. The number of imide groups is 1. The molecule has 14 nitrogen and oxygen atoms in total. The summed E-state index contributed by atoms with van der Waals surface area (Å²) in [7, 11) is 1.71. The molecule has 5 heterocycles. The Bertz CT molecular complexity index is 2590. The van der Waals surface area contributed by atoms with Gasteiger partial charge in [-0.05, 0) is 99.6 Å². The highest BCUT2D eigenvalue weighted by atomic mass is 32.1. The summed E-state index contributed by atoms with van der Waals surface area (Å²) in [5.41, 5.74) is 3.07. The number of imidazole rings is 1. The molecule has 3 amide bonds. The van der Waals surface area contributed by atoms with Crippen molar-refractivity contribution in [3.05, 3.63) is 86.7 Å². The van der Waals surface area contributed by atoms with Crippen molar-refractivity contribution in [2.24, 2.45) is 12.5 Å². The van der Waals surface area contributed by atoms with E-state index in [9.17, 15) is 37.5 Å². The van der Waals surface area contributed by atoms with Crippen molar-refractivity contribution in [3.63, 3.8) is 0 Å². The van der Waals surface area contributed by atoms with E-state index in [1.807, 2.05) is 24.3 Å². The third-order valence-electron chi connectivity index (χ3n) is 13.6. The summed E-state index contributed by atoms with van der Waals surface area (Å²) in [5.74, 6) is -7.18. The van der Waals surface area contributed by atoms with Crippen molar-refractivity contribution in [1.29, 1.82) is 0 Å². The van der Waals surface area contributed by atoms with Gasteiger partial charge in [0.2, 0.25) is 23.6 Å². The summed E-state index contributed by atoms with van der Waals surface area (Å²) in [6.07, 6.45) is 9.17. The lowest BCUT2D eigenvalue weighted by atomic mass is 9.53. The first-order chi connectivity index (χ1) is 29.3. The Morgan fingerprint density at radius 3 is 2.46 bits per heavy atom. The highest BCUT2D eigenvalue weighted by Gasteiger charge is 2.50. The van der Waals surface area contributed by atoms with Gasteiger partial charge < -0.3 is 15.3 Å². The maximum absolute atomic E-state index is 14.3. The number of aryl methyl sites for hydroxylation is 2. The van der Waals surface area contributed by atoms with E-state index in [2.05, 4.69) is 30.8 Å². The van der Waals surface area contributed by atoms with Crippen LogP contribution in [0.5, 0.6) is 5.75 Å². The minimum Gasteiger partial charge on any atom is -0.503 e. The van der Waals surface area contributed by atoms with Gasteiger partial charge in [0.05, 0.1) is 22.3 Å². The van der Waals surface area contributed by atoms with Gasteiger partial charge in [-0.3, -0.25) is 33.7 Å². The quantitative estimate of drug-likeness (QED) is 0.120. The van der Waals surface area contributed by atoms with Crippen LogP contribution in [0.1, 0.15) is 85.4 Å². The molecule has 3 saturated carbocycles. The van der Waals surface area contributed by atoms with Crippen LogP contribution in [0.4, 0.5) is 19.1 Å². The molecular weight excluding hydrogens is 812 g/mol. The highest BCUT2D eigenvalue weighted by molar-refractivity contribution is 7.13. The molecule has 2 aromatic carbocycles. The molecule has 3 N–H and O–H groups in total. The van der Waals surface area contributed by atoms with Crippen LogP contribution in [0.3, 0.4) is 0 Å². The van der Waals surface area contributed by atoms with Crippen LogP contribution in [0.2, 0.25) is 0 Å². The lowest BCUT2D eigenvalue weighted by Crippen LogP contribution is -2.49. The molecule has 3 aliphatic carbocycles. The monoisotopic (exact) mass is 857 g/mol. The van der Waals surface area contributed by atoms with Gasteiger partial charge in [0.25, 0.3) is 5.91 Å². The number of aromatic hydroxyl groups is 1. The van der Waals surface area contributed by atoms with Gasteiger partial charge in [-0.1, -0.05) is 6.07 Å². The van der Waals surface area contributed by atoms with Gasteiger partial charge in [-0.15, -0.1) is 11.3 Å². The van der Waals surface area contributed by atoms with Crippen molar-refractivity contribution >= 4 is 46.0 Å². The third-order valence-corrected chi connectivity index (χ3v) is 14.4. The number of carbonyl (C=O) groups is 3. The number of carbonyl (C=O) groups excluding carboxylic acids is 3. The number of rotatable bonds is 11. The number of nitrogens with one attached hydrogen (secondary N) is 2. The average molecular weight is 858 g/mol. The van der Waals surface area contributed by atoms with Crippen LogP contribution < -0.4 is 21.2 Å². The number of fused-ring (bicyclic) bond motifs is 4. The van der Waals surface area contributed by atoms with E-state index in [4.69, 9.17) is 9.97 Å². The SMILES string of the molecule is Cn1c(=O)n(C2CCC(=O)NC2=O)c2ccc(CCCN3CCN(c4nccc(-c5nc(C67CCC(CNC(=O)c8cc(F)c(O)c(F)c8F)(CC6)CC7)cs5)n4)CC3)cc21. The summed E-state index contributed by atoms with van der Waals surface area (Å²) in [4.78, 5) is 69.4. The molecule has 10 rings (SSSR count). The Morgan fingerprint density at radius 2 is 1.72 bits per heavy atom. The first kappa shape index (κ1) is 40.8. The molecule has 5 aromatic rings. The normalized spacial score (nSPS) is 23.1. The zero-order valence-electron chi connectivity index (χ0n) is 33.7. The molecule has 1 atom stereocenters. The summed E-state index contributed by atoms with van der Waals surface area (Å²) >= 11 is 1.57. The number of phenolic OH excluding ortho intramolecular Hbond substituents is 1. The standard InChI is InChI=1S/C43H46F3N9O5S/c1-52-31-21-25(4-5-29(31)55(41(52)60)30-6-7-33(56)51-38(30)59)3-2-16-53-17-19-54(20-18-53)40-47-15-8-28(49-40)39-50-32(23-61-39)43-12-9-42(10-13-43,11-14-43)24-48-37(58)26-22-27(44)36(57)35(46)34(26)45/h4-5,8,15,21-23,30,57H,2-3,6-7,9-14,16-20,24H2,1H3,(H,48,58)(H,51,56,59). The Labute approximate surface area is 352 Å². The van der Waals surface area contributed by atoms with E-state index >= 15 is 0 Å². The number of halogens is 3. The molecule has 0 radical (unpaired) electrons. The number of amides is 3. The maximum atomic E-state index is 14.3. The lowest BCUT2D eigenvalue weighted by molar-refractivity contribution is -0.135. The second-order valence-corrected chi connectivity index (χ2v) is 17.9. The molecule has 2 aliphatic heterocycles. The lowest BCUT2D eigenvalue weighted by Gasteiger charge is -2.53. The zero-order valence-corrected chi connectivity index (χ0v) is 34.5. The second-order valence-electron chi connectivity index (χ2n) is 17.1. The van der Waals surface area contributed by atoms with Crippen LogP contribution in [0.25, 0.3) is 21.7 Å². The summed E-state index contributed by atoms with van der Waals surface area (Å²) in [6.45, 7) is 4.50. The number of piperidine rings is 1. The van der Waals surface area contributed by atoms with Gasteiger partial charge in [-0.25, -0.2) is 28.5 Å². The van der Waals surface area contributed by atoms with Crippen molar-refractivity contribution < 1.29 is 32.7 Å². The fourth-order valence-electron chi connectivity index (χ4n) is 9.75. The largest absolute Gasteiger partial charge is 0.503 e. The topological polar surface area (TPSA) is 168 Å². The first-order valence-electron chi connectivity index (χ1n) is 20.8. The molecular formula is C43H46F3N9O5S. The van der Waals surface area contributed by atoms with Gasteiger partial charge >= 0.3 is 5.69 Å². The summed E-state index contributed by atoms with van der Waals surface area (Å²) in [5, 5.41) is 17.3. The van der Waals surface area contributed by atoms with E-state index < -0.39 is 46.6 Å². The van der Waals surface area contributed by atoms with Crippen molar-refractivity contribution in [3.8, 4) is 16.5 Å². The van der Waals surface area contributed by atoms with Crippen molar-refractivity contribution in [1.82, 2.24) is 39.6 Å². The van der Waals surface area contributed by atoms with Crippen LogP contribution in [0, 0.1) is 22.9 Å². The maximum Gasteiger partial charge on any atom is 0.329 e. The average Bonchev–Trinajstić information content (AvgIpc) is 3.88. The molecule has 5 fully saturated rings. The fraction of sp³-hybridized carbons (Fsp3) is 0.465. The number of piperazine rings is 1. The van der Waals surface area contributed by atoms with E-state index in [0.29, 0.717) is 24.0 Å². The second kappa shape index (κ2) is 16.0. The van der Waals surface area contributed by atoms with E-state index in [-0.39, 0.29) is 35.4 Å².